The molecule has 0 bridgehead atoms. The van der Waals surface area contributed by atoms with E-state index >= 15 is 0 Å². The molecule has 2 aliphatic rings. The zero-order valence-electron chi connectivity index (χ0n) is 23.5. The van der Waals surface area contributed by atoms with Gasteiger partial charge in [0.1, 0.15) is 0 Å². The van der Waals surface area contributed by atoms with Gasteiger partial charge in [-0.15, -0.1) is 0 Å². The van der Waals surface area contributed by atoms with E-state index in [1.165, 1.54) is 0 Å². The van der Waals surface area contributed by atoms with Crippen molar-refractivity contribution < 1.29 is 92.1 Å². The number of rotatable bonds is 3. The third-order valence-corrected chi connectivity index (χ3v) is 8.96. The minimum Gasteiger partial charge on any atom is -0.358 e. The molecule has 3 aromatic rings. The molecule has 0 N–H and O–H groups in total. The standard InChI is InChI=1S/3C6F5.2C5H5.2CH3.Al.Zr/c3*7-2-1-3(8)5(10)6(11)4(2)9;2*1-2-4-5-3-1;;;;/h;;;2*1-5H;2*1H3;;/q;;;;;2*-1;;+2. The summed E-state index contributed by atoms with van der Waals surface area (Å²) in [4.78, 5) is 0. The van der Waals surface area contributed by atoms with Gasteiger partial charge >= 0.3 is 40.4 Å². The van der Waals surface area contributed by atoms with Crippen molar-refractivity contribution in [1.29, 1.82) is 0 Å². The van der Waals surface area contributed by atoms with E-state index < -0.39 is 115 Å². The van der Waals surface area contributed by atoms with Gasteiger partial charge in [-0.25, -0.2) is 65.9 Å². The van der Waals surface area contributed by atoms with Crippen LogP contribution in [0.1, 0.15) is 0 Å². The monoisotopic (exact) mass is 778 g/mol. The van der Waals surface area contributed by atoms with Crippen LogP contribution in [0.5, 0.6) is 0 Å². The predicted octanol–water partition coefficient (Wildman–Crippen LogP) is 7.23. The minimum atomic E-state index is -5.96. The van der Waals surface area contributed by atoms with Crippen LogP contribution in [0.4, 0.5) is 65.9 Å². The van der Waals surface area contributed by atoms with Gasteiger partial charge in [0, 0.05) is 0 Å². The van der Waals surface area contributed by atoms with Crippen LogP contribution < -0.4 is 13.3 Å². The molecule has 10 radical (unpaired) electrons. The fourth-order valence-corrected chi connectivity index (χ4v) is 6.85. The van der Waals surface area contributed by atoms with E-state index in [2.05, 4.69) is 0 Å². The third-order valence-electron chi connectivity index (χ3n) is 5.71. The van der Waals surface area contributed by atoms with E-state index in [9.17, 15) is 65.9 Å². The molecule has 5 rings (SSSR count). The van der Waals surface area contributed by atoms with E-state index in [0.717, 1.165) is 0 Å². The van der Waals surface area contributed by atoms with Crippen molar-refractivity contribution in [3.05, 3.63) is 166 Å². The summed E-state index contributed by atoms with van der Waals surface area (Å²) in [7, 11) is 0. The quantitative estimate of drug-likeness (QED) is 0.0867. The van der Waals surface area contributed by atoms with E-state index in [1.807, 2.05) is 64.2 Å². The van der Waals surface area contributed by atoms with Crippen LogP contribution in [-0.2, 0) is 26.2 Å². The average molecular weight is 780 g/mol. The summed E-state index contributed by atoms with van der Waals surface area (Å²) in [5.74, 6) is -44.6. The Hall–Kier alpha value is -1.97. The fourth-order valence-electron chi connectivity index (χ4n) is 3.70. The molecule has 0 spiro atoms. The van der Waals surface area contributed by atoms with Gasteiger partial charge < -0.3 is 14.9 Å². The molecule has 2 aliphatic carbocycles. The van der Waals surface area contributed by atoms with Gasteiger partial charge in [-0.2, -0.15) is 0 Å². The van der Waals surface area contributed by atoms with Gasteiger partial charge in [0.25, 0.3) is 0 Å². The van der Waals surface area contributed by atoms with Gasteiger partial charge in [0.2, 0.25) is 0 Å². The van der Waals surface area contributed by atoms with Crippen molar-refractivity contribution in [2.45, 2.75) is 0 Å². The van der Waals surface area contributed by atoms with Crippen molar-refractivity contribution in [3.63, 3.8) is 0 Å². The second kappa shape index (κ2) is 19.3. The Kier molecular flexibility index (Phi) is 18.5. The molecule has 47 heavy (non-hydrogen) atoms. The first kappa shape index (κ1) is 45.0. The summed E-state index contributed by atoms with van der Waals surface area (Å²) in [6.45, 7) is 0. The van der Waals surface area contributed by atoms with Gasteiger partial charge in [-0.1, -0.05) is 0 Å². The van der Waals surface area contributed by atoms with Crippen LogP contribution in [0.15, 0.2) is 0 Å². The van der Waals surface area contributed by atoms with Crippen molar-refractivity contribution in [1.82, 2.24) is 0 Å². The van der Waals surface area contributed by atoms with Crippen molar-refractivity contribution >= 4 is 27.4 Å². The number of benzene rings is 3. The van der Waals surface area contributed by atoms with E-state index in [0.29, 0.717) is 0 Å². The maximum Gasteiger partial charge on any atom is 2.00 e. The number of halogens is 15. The van der Waals surface area contributed by atoms with Crippen molar-refractivity contribution in [3.8, 4) is 0 Å². The number of hydrogen-bond donors (Lipinski definition) is 0. The Labute approximate surface area is 284 Å². The molecule has 3 aromatic carbocycles. The maximum atomic E-state index is 14.4. The summed E-state index contributed by atoms with van der Waals surface area (Å²) < 4.78 is 201. The first-order valence-corrected chi connectivity index (χ1v) is 13.3. The molecule has 2 fully saturated rings. The molecular formula is C30H16AlF15Zr. The molecule has 0 atom stereocenters. The first-order chi connectivity index (χ1) is 20.7. The van der Waals surface area contributed by atoms with Crippen LogP contribution in [-0.4, -0.2) is 14.1 Å². The summed E-state index contributed by atoms with van der Waals surface area (Å²) >= 11 is -5.96. The second-order valence-corrected chi connectivity index (χ2v) is 10.9. The van der Waals surface area contributed by atoms with Crippen molar-refractivity contribution in [2.24, 2.45) is 0 Å². The third kappa shape index (κ3) is 9.18. The van der Waals surface area contributed by atoms with Crippen molar-refractivity contribution in [2.75, 3.05) is 0 Å². The topological polar surface area (TPSA) is 0 Å². The molecular weight excluding hydrogens is 764 g/mol. The van der Waals surface area contributed by atoms with Crippen LogP contribution in [0.2, 0.25) is 0 Å². The molecule has 0 heterocycles. The van der Waals surface area contributed by atoms with Crippen LogP contribution in [0.3, 0.4) is 0 Å². The second-order valence-electron chi connectivity index (χ2n) is 8.31. The molecule has 0 nitrogen and oxygen atoms in total. The predicted molar refractivity (Wildman–Crippen MR) is 139 cm³/mol. The normalized spacial score (nSPS) is 13.3. The molecule has 17 heteroatoms. The van der Waals surface area contributed by atoms with Crippen LogP contribution in [0.25, 0.3) is 0 Å². The van der Waals surface area contributed by atoms with E-state index in [4.69, 9.17) is 0 Å². The molecule has 0 aliphatic heterocycles. The molecule has 0 unspecified atom stereocenters. The zero-order chi connectivity index (χ0) is 33.0. The first-order valence-electron chi connectivity index (χ1n) is 11.5. The summed E-state index contributed by atoms with van der Waals surface area (Å²) in [5, 5.41) is 0. The van der Waals surface area contributed by atoms with E-state index in [-0.39, 0.29) is 41.1 Å². The molecule has 248 valence electrons. The van der Waals surface area contributed by atoms with E-state index in [1.54, 1.807) is 0 Å². The van der Waals surface area contributed by atoms with Gasteiger partial charge in [-0.3, -0.25) is 0 Å². The minimum absolute atomic E-state index is 0. The number of hydrogen-bond acceptors (Lipinski definition) is 0. The molecule has 0 amide bonds. The Morgan fingerprint density at radius 3 is 0.468 bits per heavy atom. The van der Waals surface area contributed by atoms with Crippen LogP contribution in [0, 0.1) is 166 Å². The van der Waals surface area contributed by atoms with Gasteiger partial charge in [0.15, 0.2) is 87.3 Å². The molecule has 0 aromatic heterocycles. The van der Waals surface area contributed by atoms with Crippen LogP contribution >= 0.6 is 0 Å². The zero-order valence-corrected chi connectivity index (χ0v) is 27.1. The smallest absolute Gasteiger partial charge is 0.358 e. The molecule has 2 saturated carbocycles. The Bertz CT molecular complexity index is 1260. The van der Waals surface area contributed by atoms with Gasteiger partial charge in [-0.05, 0) is 77.5 Å². The fraction of sp³-hybridized carbons (Fsp3) is 0. The Balaban J connectivity index is 0.00000138. The SMILES string of the molecule is Fc1c(F)c(F)[c]([Al]([c]2c(F)c(F)c(F)c(F)c2F)[c]2c(F)c(F)c(F)c(F)c2F)c(F)c1F.[CH3-].[CH3-].[CH]1[CH][CH][CH][CH]1.[CH]1[CH][CH][CH][CH]1.[Zr+2]. The summed E-state index contributed by atoms with van der Waals surface area (Å²) in [5.41, 5.74) is 0. The summed E-state index contributed by atoms with van der Waals surface area (Å²) in [6.07, 6.45) is 20.0. The Morgan fingerprint density at radius 1 is 0.234 bits per heavy atom. The summed E-state index contributed by atoms with van der Waals surface area (Å²) in [6, 6.07) is 0. The average Bonchev–Trinajstić information content (AvgIpc) is 3.79. The van der Waals surface area contributed by atoms with Gasteiger partial charge in [0.05, 0.1) is 0 Å². The maximum absolute atomic E-state index is 14.4. The largest absolute Gasteiger partial charge is 2.00 e. The Morgan fingerprint density at radius 2 is 0.340 bits per heavy atom. The molecule has 0 saturated heterocycles.